The molecule has 138 valence electrons. The summed E-state index contributed by atoms with van der Waals surface area (Å²) in [6.07, 6.45) is 2.53. The van der Waals surface area contributed by atoms with E-state index in [4.69, 9.17) is 4.74 Å². The predicted octanol–water partition coefficient (Wildman–Crippen LogP) is 2.52. The fourth-order valence-electron chi connectivity index (χ4n) is 2.65. The van der Waals surface area contributed by atoms with Gasteiger partial charge in [0, 0.05) is 32.4 Å². The number of nitrogens with one attached hydrogen (secondary N) is 3. The fourth-order valence-corrected chi connectivity index (χ4v) is 2.65. The summed E-state index contributed by atoms with van der Waals surface area (Å²) in [5.74, 6) is 1.39. The van der Waals surface area contributed by atoms with Crippen LogP contribution < -0.4 is 16.0 Å². The van der Waals surface area contributed by atoms with Gasteiger partial charge in [0.25, 0.3) is 5.91 Å². The number of amides is 1. The molecular weight excluding hydrogens is 316 g/mol. The molecule has 1 aliphatic rings. The highest BCUT2D eigenvalue weighted by Crippen LogP contribution is 2.16. The number of rotatable bonds is 7. The van der Waals surface area contributed by atoms with Crippen molar-refractivity contribution in [1.29, 1.82) is 0 Å². The minimum absolute atomic E-state index is 0.0613. The molecule has 3 N–H and O–H groups in total. The predicted molar refractivity (Wildman–Crippen MR) is 102 cm³/mol. The molecule has 1 amide bonds. The Bertz CT molecular complexity index is 581. The first kappa shape index (κ1) is 19.2. The van der Waals surface area contributed by atoms with Crippen molar-refractivity contribution in [1.82, 2.24) is 10.6 Å². The van der Waals surface area contributed by atoms with Crippen LogP contribution in [0.5, 0.6) is 0 Å². The van der Waals surface area contributed by atoms with Crippen molar-refractivity contribution in [3.8, 4) is 0 Å². The van der Waals surface area contributed by atoms with E-state index in [9.17, 15) is 4.79 Å². The van der Waals surface area contributed by atoms with Gasteiger partial charge in [-0.1, -0.05) is 26.0 Å². The Hall–Kier alpha value is -2.08. The van der Waals surface area contributed by atoms with Gasteiger partial charge in [0.2, 0.25) is 0 Å². The van der Waals surface area contributed by atoms with Crippen molar-refractivity contribution < 1.29 is 9.53 Å². The van der Waals surface area contributed by atoms with Gasteiger partial charge < -0.3 is 20.7 Å². The Morgan fingerprint density at radius 3 is 2.88 bits per heavy atom. The highest BCUT2D eigenvalue weighted by atomic mass is 16.5. The third-order valence-electron chi connectivity index (χ3n) is 4.11. The molecular formula is C19H30N4O2. The van der Waals surface area contributed by atoms with Crippen LogP contribution in [0.2, 0.25) is 0 Å². The lowest BCUT2D eigenvalue weighted by Crippen LogP contribution is -2.37. The number of benzene rings is 1. The molecule has 1 aliphatic heterocycles. The van der Waals surface area contributed by atoms with Gasteiger partial charge in [0.1, 0.15) is 6.10 Å². The van der Waals surface area contributed by atoms with Gasteiger partial charge in [0.05, 0.1) is 0 Å². The molecule has 6 heteroatoms. The third kappa shape index (κ3) is 6.74. The molecule has 0 aromatic heterocycles. The Labute approximate surface area is 150 Å². The Morgan fingerprint density at radius 1 is 1.36 bits per heavy atom. The molecule has 1 unspecified atom stereocenters. The summed E-state index contributed by atoms with van der Waals surface area (Å²) < 4.78 is 5.42. The van der Waals surface area contributed by atoms with Crippen molar-refractivity contribution in [2.45, 2.75) is 45.8 Å². The van der Waals surface area contributed by atoms with Gasteiger partial charge in [-0.2, -0.15) is 0 Å². The molecule has 1 atom stereocenters. The summed E-state index contributed by atoms with van der Waals surface area (Å²) in [6, 6.07) is 7.83. The van der Waals surface area contributed by atoms with E-state index in [0.717, 1.165) is 43.0 Å². The van der Waals surface area contributed by atoms with Crippen LogP contribution in [0, 0.1) is 5.92 Å². The molecule has 6 nitrogen and oxygen atoms in total. The molecule has 25 heavy (non-hydrogen) atoms. The number of aliphatic imine (C=N–C) groups is 1. The molecule has 1 aromatic carbocycles. The zero-order valence-corrected chi connectivity index (χ0v) is 15.5. The van der Waals surface area contributed by atoms with E-state index >= 15 is 0 Å². The van der Waals surface area contributed by atoms with Gasteiger partial charge >= 0.3 is 0 Å². The maximum absolute atomic E-state index is 12.1. The largest absolute Gasteiger partial charge is 0.368 e. The number of carbonyl (C=O) groups excluding carboxylic acids is 1. The second kappa shape index (κ2) is 10.0. The van der Waals surface area contributed by atoms with Gasteiger partial charge in [-0.25, -0.2) is 0 Å². The normalized spacial score (nSPS) is 17.6. The second-order valence-corrected chi connectivity index (χ2v) is 6.73. The molecule has 2 rings (SSSR count). The number of hydrogen-bond acceptors (Lipinski definition) is 3. The van der Waals surface area contributed by atoms with Crippen LogP contribution in [-0.4, -0.2) is 38.2 Å². The zero-order valence-electron chi connectivity index (χ0n) is 15.5. The van der Waals surface area contributed by atoms with E-state index < -0.39 is 0 Å². The lowest BCUT2D eigenvalue weighted by molar-refractivity contribution is -0.124. The van der Waals surface area contributed by atoms with Crippen molar-refractivity contribution in [3.05, 3.63) is 29.8 Å². The minimum Gasteiger partial charge on any atom is -0.368 e. The van der Waals surface area contributed by atoms with E-state index in [1.165, 1.54) is 0 Å². The molecule has 0 radical (unpaired) electrons. The van der Waals surface area contributed by atoms with Crippen LogP contribution in [0.3, 0.4) is 0 Å². The number of carbonyl (C=O) groups is 1. The standard InChI is InChI=1S/C19H30N4O2/c1-14(2)9-10-21-19(20-3)22-13-15-6-4-7-16(12-15)23-18(24)17-8-5-11-25-17/h4,6-7,12,14,17H,5,8-11,13H2,1-3H3,(H,23,24)(H2,20,21,22). The Kier molecular flexibility index (Phi) is 7.73. The highest BCUT2D eigenvalue weighted by molar-refractivity contribution is 5.94. The second-order valence-electron chi connectivity index (χ2n) is 6.73. The lowest BCUT2D eigenvalue weighted by Gasteiger charge is -2.14. The SMILES string of the molecule is CN=C(NCCC(C)C)NCc1cccc(NC(=O)C2CCCO2)c1. The van der Waals surface area contributed by atoms with Crippen molar-refractivity contribution in [3.63, 3.8) is 0 Å². The van der Waals surface area contributed by atoms with Crippen LogP contribution >= 0.6 is 0 Å². The van der Waals surface area contributed by atoms with Crippen molar-refractivity contribution in [2.75, 3.05) is 25.5 Å². The van der Waals surface area contributed by atoms with E-state index in [1.807, 2.05) is 24.3 Å². The van der Waals surface area contributed by atoms with Gasteiger partial charge in [-0.15, -0.1) is 0 Å². The first-order valence-electron chi connectivity index (χ1n) is 9.04. The maximum atomic E-state index is 12.1. The van der Waals surface area contributed by atoms with E-state index in [0.29, 0.717) is 19.1 Å². The van der Waals surface area contributed by atoms with Crippen LogP contribution in [-0.2, 0) is 16.1 Å². The van der Waals surface area contributed by atoms with E-state index in [-0.39, 0.29) is 12.0 Å². The summed E-state index contributed by atoms with van der Waals surface area (Å²) in [6.45, 7) is 6.62. The minimum atomic E-state index is -0.314. The monoisotopic (exact) mass is 346 g/mol. The molecule has 0 bridgehead atoms. The summed E-state index contributed by atoms with van der Waals surface area (Å²) in [4.78, 5) is 16.4. The average molecular weight is 346 g/mol. The lowest BCUT2D eigenvalue weighted by atomic mass is 10.1. The van der Waals surface area contributed by atoms with E-state index in [2.05, 4.69) is 34.8 Å². The molecule has 1 aromatic rings. The fraction of sp³-hybridized carbons (Fsp3) is 0.579. The van der Waals surface area contributed by atoms with Gasteiger partial charge in [-0.05, 0) is 42.9 Å². The summed E-state index contributed by atoms with van der Waals surface area (Å²) in [7, 11) is 1.77. The highest BCUT2D eigenvalue weighted by Gasteiger charge is 2.23. The number of guanidine groups is 1. The topological polar surface area (TPSA) is 74.8 Å². The van der Waals surface area contributed by atoms with Crippen LogP contribution in [0.25, 0.3) is 0 Å². The molecule has 1 fully saturated rings. The van der Waals surface area contributed by atoms with Crippen LogP contribution in [0.4, 0.5) is 5.69 Å². The van der Waals surface area contributed by atoms with Crippen molar-refractivity contribution >= 4 is 17.6 Å². The summed E-state index contributed by atoms with van der Waals surface area (Å²) in [5.41, 5.74) is 1.87. The number of anilines is 1. The Balaban J connectivity index is 1.82. The molecule has 1 saturated heterocycles. The first-order chi connectivity index (χ1) is 12.1. The van der Waals surface area contributed by atoms with Crippen LogP contribution in [0.1, 0.15) is 38.7 Å². The third-order valence-corrected chi connectivity index (χ3v) is 4.11. The molecule has 1 heterocycles. The van der Waals surface area contributed by atoms with Crippen molar-refractivity contribution in [2.24, 2.45) is 10.9 Å². The van der Waals surface area contributed by atoms with Gasteiger partial charge in [-0.3, -0.25) is 9.79 Å². The zero-order chi connectivity index (χ0) is 18.1. The number of ether oxygens (including phenoxy) is 1. The summed E-state index contributed by atoms with van der Waals surface area (Å²) >= 11 is 0. The summed E-state index contributed by atoms with van der Waals surface area (Å²) in [5, 5.41) is 9.54. The molecule has 0 spiro atoms. The molecule has 0 saturated carbocycles. The maximum Gasteiger partial charge on any atom is 0.253 e. The number of nitrogens with zero attached hydrogens (tertiary/aromatic N) is 1. The Morgan fingerprint density at radius 2 is 2.20 bits per heavy atom. The molecule has 0 aliphatic carbocycles. The number of hydrogen-bond donors (Lipinski definition) is 3. The first-order valence-corrected chi connectivity index (χ1v) is 9.04. The quantitative estimate of drug-likeness (QED) is 0.524. The smallest absolute Gasteiger partial charge is 0.253 e. The average Bonchev–Trinajstić information content (AvgIpc) is 3.12. The van der Waals surface area contributed by atoms with E-state index in [1.54, 1.807) is 7.05 Å². The van der Waals surface area contributed by atoms with Gasteiger partial charge in [0.15, 0.2) is 5.96 Å². The van der Waals surface area contributed by atoms with Crippen LogP contribution in [0.15, 0.2) is 29.3 Å².